The van der Waals surface area contributed by atoms with Gasteiger partial charge in [-0.1, -0.05) is 6.07 Å². The maximum absolute atomic E-state index is 4.73. The molecule has 0 saturated heterocycles. The molecule has 0 bridgehead atoms. The zero-order valence-electron chi connectivity index (χ0n) is 15.5. The Balaban J connectivity index is 1.61. The lowest BCUT2D eigenvalue weighted by Gasteiger charge is -2.18. The molecule has 1 aliphatic heterocycles. The van der Waals surface area contributed by atoms with Crippen LogP contribution in [0, 0.1) is 6.92 Å². The van der Waals surface area contributed by atoms with Gasteiger partial charge in [0.25, 0.3) is 0 Å². The number of hydrogen-bond donors (Lipinski definition) is 2. The first-order chi connectivity index (χ1) is 12.6. The summed E-state index contributed by atoms with van der Waals surface area (Å²) in [6.07, 6.45) is 6.82. The van der Waals surface area contributed by atoms with Crippen LogP contribution in [0.1, 0.15) is 36.6 Å². The van der Waals surface area contributed by atoms with Crippen molar-refractivity contribution in [1.29, 1.82) is 0 Å². The summed E-state index contributed by atoms with van der Waals surface area (Å²) in [6.45, 7) is 8.23. The van der Waals surface area contributed by atoms with E-state index in [0.29, 0.717) is 12.0 Å². The second kappa shape index (κ2) is 6.88. The summed E-state index contributed by atoms with van der Waals surface area (Å²) >= 11 is 0. The molecule has 0 spiro atoms. The fourth-order valence-corrected chi connectivity index (χ4v) is 3.22. The Morgan fingerprint density at radius 2 is 2.08 bits per heavy atom. The average Bonchev–Trinajstić information content (AvgIpc) is 3.13. The molecule has 6 nitrogen and oxygen atoms in total. The van der Waals surface area contributed by atoms with Crippen molar-refractivity contribution in [3.8, 4) is 11.3 Å². The molecule has 4 rings (SSSR count). The minimum absolute atomic E-state index is 0.327. The van der Waals surface area contributed by atoms with Gasteiger partial charge in [0.1, 0.15) is 0 Å². The molecule has 2 N–H and O–H groups in total. The Bertz CT molecular complexity index is 928. The second-order valence-corrected chi connectivity index (χ2v) is 7.06. The molecule has 0 amide bonds. The summed E-state index contributed by atoms with van der Waals surface area (Å²) in [5, 5.41) is 11.2. The molecule has 26 heavy (non-hydrogen) atoms. The fraction of sp³-hybridized carbons (Fsp3) is 0.350. The number of nitrogens with zero attached hydrogens (tertiary/aromatic N) is 4. The van der Waals surface area contributed by atoms with Gasteiger partial charge in [0.2, 0.25) is 5.95 Å². The molecule has 0 fully saturated rings. The molecule has 6 heteroatoms. The molecule has 2 aromatic heterocycles. The maximum Gasteiger partial charge on any atom is 0.227 e. The molecular weight excluding hydrogens is 324 g/mol. The monoisotopic (exact) mass is 348 g/mol. The summed E-state index contributed by atoms with van der Waals surface area (Å²) < 4.78 is 1.95. The predicted molar refractivity (Wildman–Crippen MR) is 104 cm³/mol. The second-order valence-electron chi connectivity index (χ2n) is 7.06. The molecule has 1 aromatic carbocycles. The topological polar surface area (TPSA) is 67.7 Å². The highest BCUT2D eigenvalue weighted by atomic mass is 15.3. The zero-order chi connectivity index (χ0) is 18.1. The number of aromatic nitrogens is 4. The van der Waals surface area contributed by atoms with Crippen LogP contribution in [0.3, 0.4) is 0 Å². The third kappa shape index (κ3) is 3.32. The predicted octanol–water partition coefficient (Wildman–Crippen LogP) is 3.62. The number of nitrogens with one attached hydrogen (secondary N) is 2. The van der Waals surface area contributed by atoms with Crippen molar-refractivity contribution in [3.05, 3.63) is 53.5 Å². The normalized spacial score (nSPS) is 13.7. The molecule has 0 aliphatic carbocycles. The first kappa shape index (κ1) is 16.7. The number of anilines is 2. The highest BCUT2D eigenvalue weighted by Gasteiger charge is 2.12. The van der Waals surface area contributed by atoms with Crippen LogP contribution in [0.4, 0.5) is 11.6 Å². The van der Waals surface area contributed by atoms with E-state index in [0.717, 1.165) is 42.0 Å². The van der Waals surface area contributed by atoms with Gasteiger partial charge in [-0.15, -0.1) is 0 Å². The highest BCUT2D eigenvalue weighted by Crippen LogP contribution is 2.25. The Kier molecular flexibility index (Phi) is 4.42. The van der Waals surface area contributed by atoms with Gasteiger partial charge in [-0.25, -0.2) is 9.97 Å². The first-order valence-corrected chi connectivity index (χ1v) is 9.08. The molecule has 3 heterocycles. The summed E-state index contributed by atoms with van der Waals surface area (Å²) in [4.78, 5) is 9.19. The summed E-state index contributed by atoms with van der Waals surface area (Å²) in [5.41, 5.74) is 6.75. The molecule has 0 saturated carbocycles. The van der Waals surface area contributed by atoms with E-state index >= 15 is 0 Å². The van der Waals surface area contributed by atoms with Crippen LogP contribution in [0.2, 0.25) is 0 Å². The summed E-state index contributed by atoms with van der Waals surface area (Å²) in [7, 11) is 0. The Morgan fingerprint density at radius 3 is 2.88 bits per heavy atom. The minimum Gasteiger partial charge on any atom is -0.324 e. The molecular formula is C20H24N6. The lowest BCUT2D eigenvalue weighted by Crippen LogP contribution is -2.23. The van der Waals surface area contributed by atoms with Gasteiger partial charge in [0, 0.05) is 36.2 Å². The Hall–Kier alpha value is -2.73. The SMILES string of the molecule is Cc1cnc(Nc2ccc3c(c2)CCNC3)nc1-c1cnn(C(C)C)c1. The van der Waals surface area contributed by atoms with E-state index in [1.54, 1.807) is 0 Å². The van der Waals surface area contributed by atoms with Gasteiger partial charge in [0.15, 0.2) is 0 Å². The van der Waals surface area contributed by atoms with Gasteiger partial charge in [-0.05, 0) is 62.6 Å². The largest absolute Gasteiger partial charge is 0.324 e. The third-order valence-corrected chi connectivity index (χ3v) is 4.72. The van der Waals surface area contributed by atoms with Crippen molar-refractivity contribution in [2.45, 2.75) is 39.8 Å². The first-order valence-electron chi connectivity index (χ1n) is 9.08. The number of fused-ring (bicyclic) bond motifs is 1. The van der Waals surface area contributed by atoms with E-state index in [1.807, 2.05) is 30.2 Å². The number of hydrogen-bond acceptors (Lipinski definition) is 5. The minimum atomic E-state index is 0.327. The van der Waals surface area contributed by atoms with Crippen molar-refractivity contribution in [2.75, 3.05) is 11.9 Å². The fourth-order valence-electron chi connectivity index (χ4n) is 3.22. The van der Waals surface area contributed by atoms with Gasteiger partial charge < -0.3 is 10.6 Å². The lowest BCUT2D eigenvalue weighted by molar-refractivity contribution is 0.532. The molecule has 3 aromatic rings. The number of aryl methyl sites for hydroxylation is 1. The molecule has 0 atom stereocenters. The average molecular weight is 348 g/mol. The van der Waals surface area contributed by atoms with Crippen molar-refractivity contribution < 1.29 is 0 Å². The van der Waals surface area contributed by atoms with Crippen LogP contribution < -0.4 is 10.6 Å². The lowest BCUT2D eigenvalue weighted by atomic mass is 10.0. The van der Waals surface area contributed by atoms with E-state index in [1.165, 1.54) is 11.1 Å². The third-order valence-electron chi connectivity index (χ3n) is 4.72. The van der Waals surface area contributed by atoms with Gasteiger partial charge in [-0.3, -0.25) is 4.68 Å². The van der Waals surface area contributed by atoms with Crippen LogP contribution >= 0.6 is 0 Å². The number of rotatable bonds is 4. The summed E-state index contributed by atoms with van der Waals surface area (Å²) in [5.74, 6) is 0.608. The Morgan fingerprint density at radius 1 is 1.19 bits per heavy atom. The zero-order valence-corrected chi connectivity index (χ0v) is 15.5. The molecule has 134 valence electrons. The number of benzene rings is 1. The van der Waals surface area contributed by atoms with E-state index < -0.39 is 0 Å². The quantitative estimate of drug-likeness (QED) is 0.754. The van der Waals surface area contributed by atoms with Crippen molar-refractivity contribution in [1.82, 2.24) is 25.1 Å². The van der Waals surface area contributed by atoms with E-state index in [-0.39, 0.29) is 0 Å². The van der Waals surface area contributed by atoms with Crippen LogP contribution in [-0.4, -0.2) is 26.3 Å². The summed E-state index contributed by atoms with van der Waals surface area (Å²) in [6, 6.07) is 6.79. The van der Waals surface area contributed by atoms with Crippen molar-refractivity contribution in [3.63, 3.8) is 0 Å². The standard InChI is InChI=1S/C20H24N6/c1-13(2)26-12-17(11-23-26)19-14(3)9-22-20(25-19)24-18-5-4-16-10-21-7-6-15(16)8-18/h4-5,8-9,11-13,21H,6-7,10H2,1-3H3,(H,22,24,25). The van der Waals surface area contributed by atoms with Crippen LogP contribution in [0.25, 0.3) is 11.3 Å². The smallest absolute Gasteiger partial charge is 0.227 e. The molecule has 0 radical (unpaired) electrons. The maximum atomic E-state index is 4.73. The van der Waals surface area contributed by atoms with Crippen LogP contribution in [0.5, 0.6) is 0 Å². The Labute approximate surface area is 153 Å². The van der Waals surface area contributed by atoms with Crippen LogP contribution in [-0.2, 0) is 13.0 Å². The van der Waals surface area contributed by atoms with Gasteiger partial charge in [-0.2, -0.15) is 5.10 Å². The molecule has 1 aliphatic rings. The van der Waals surface area contributed by atoms with Crippen molar-refractivity contribution in [2.24, 2.45) is 0 Å². The van der Waals surface area contributed by atoms with Gasteiger partial charge >= 0.3 is 0 Å². The van der Waals surface area contributed by atoms with Crippen LogP contribution in [0.15, 0.2) is 36.8 Å². The highest BCUT2D eigenvalue weighted by molar-refractivity contribution is 5.64. The van der Waals surface area contributed by atoms with E-state index in [9.17, 15) is 0 Å². The van der Waals surface area contributed by atoms with Crippen molar-refractivity contribution >= 4 is 11.6 Å². The van der Waals surface area contributed by atoms with E-state index in [2.05, 4.69) is 52.8 Å². The van der Waals surface area contributed by atoms with E-state index in [4.69, 9.17) is 4.98 Å². The molecule has 0 unspecified atom stereocenters. The van der Waals surface area contributed by atoms with Gasteiger partial charge in [0.05, 0.1) is 11.9 Å².